The zero-order chi connectivity index (χ0) is 19.3. The molecular formula is C21H25NO5. The molecule has 1 aromatic heterocycles. The van der Waals surface area contributed by atoms with Crippen molar-refractivity contribution in [2.75, 3.05) is 0 Å². The van der Waals surface area contributed by atoms with Crippen molar-refractivity contribution < 1.29 is 24.2 Å². The maximum atomic E-state index is 12.5. The van der Waals surface area contributed by atoms with Crippen LogP contribution in [-0.2, 0) is 14.3 Å². The molecule has 1 saturated heterocycles. The fourth-order valence-electron chi connectivity index (χ4n) is 4.89. The number of pyridine rings is 1. The maximum absolute atomic E-state index is 12.5. The first kappa shape index (κ1) is 18.2. The molecule has 1 N–H and O–H groups in total. The SMILES string of the molecule is CC1=C2C(C[C@@H]1OC(=O)c1ccccn1)[C@](C)(O)CC[C@H]1[C@H](C)C(=O)O[C@H]21. The number of rotatable bonds is 2. The molecule has 0 amide bonds. The van der Waals surface area contributed by atoms with Crippen molar-refractivity contribution in [2.45, 2.75) is 57.8 Å². The zero-order valence-corrected chi connectivity index (χ0v) is 15.8. The average molecular weight is 371 g/mol. The van der Waals surface area contributed by atoms with Gasteiger partial charge in [-0.2, -0.15) is 0 Å². The van der Waals surface area contributed by atoms with Gasteiger partial charge in [0.1, 0.15) is 17.9 Å². The van der Waals surface area contributed by atoms with Crippen LogP contribution in [0.4, 0.5) is 0 Å². The van der Waals surface area contributed by atoms with E-state index in [0.29, 0.717) is 12.8 Å². The van der Waals surface area contributed by atoms with Crippen LogP contribution in [-0.4, -0.2) is 39.8 Å². The van der Waals surface area contributed by atoms with E-state index in [9.17, 15) is 14.7 Å². The minimum Gasteiger partial charge on any atom is -0.457 e. The maximum Gasteiger partial charge on any atom is 0.357 e. The van der Waals surface area contributed by atoms with Crippen molar-refractivity contribution in [3.8, 4) is 0 Å². The average Bonchev–Trinajstić information content (AvgIpc) is 3.08. The first-order valence-corrected chi connectivity index (χ1v) is 9.55. The molecule has 4 rings (SSSR count). The summed E-state index contributed by atoms with van der Waals surface area (Å²) in [5.74, 6) is -0.972. The van der Waals surface area contributed by atoms with Crippen LogP contribution in [0.1, 0.15) is 50.5 Å². The molecule has 0 spiro atoms. The van der Waals surface area contributed by atoms with Crippen molar-refractivity contribution >= 4 is 11.9 Å². The van der Waals surface area contributed by atoms with Gasteiger partial charge < -0.3 is 14.6 Å². The van der Waals surface area contributed by atoms with E-state index in [1.54, 1.807) is 24.4 Å². The third-order valence-corrected chi connectivity index (χ3v) is 6.57. The van der Waals surface area contributed by atoms with Crippen LogP contribution in [0.3, 0.4) is 0 Å². The molecule has 6 nitrogen and oxygen atoms in total. The molecule has 2 aliphatic carbocycles. The van der Waals surface area contributed by atoms with Gasteiger partial charge in [-0.15, -0.1) is 0 Å². The lowest BCUT2D eigenvalue weighted by Crippen LogP contribution is -2.35. The Kier molecular flexibility index (Phi) is 4.34. The number of esters is 2. The van der Waals surface area contributed by atoms with Gasteiger partial charge in [-0.3, -0.25) is 4.79 Å². The fourth-order valence-corrected chi connectivity index (χ4v) is 4.89. The molecule has 6 atom stereocenters. The highest BCUT2D eigenvalue weighted by atomic mass is 16.6. The van der Waals surface area contributed by atoms with Crippen molar-refractivity contribution in [2.24, 2.45) is 17.8 Å². The molecule has 0 aromatic carbocycles. The third kappa shape index (κ3) is 2.96. The molecule has 144 valence electrons. The number of carbonyl (C=O) groups excluding carboxylic acids is 2. The van der Waals surface area contributed by atoms with E-state index in [1.807, 2.05) is 20.8 Å². The molecule has 0 radical (unpaired) electrons. The number of ether oxygens (including phenoxy) is 2. The molecular weight excluding hydrogens is 346 g/mol. The minimum atomic E-state index is -0.917. The largest absolute Gasteiger partial charge is 0.457 e. The molecule has 1 aliphatic heterocycles. The molecule has 27 heavy (non-hydrogen) atoms. The van der Waals surface area contributed by atoms with Gasteiger partial charge >= 0.3 is 11.9 Å². The van der Waals surface area contributed by atoms with Crippen molar-refractivity contribution in [1.29, 1.82) is 0 Å². The van der Waals surface area contributed by atoms with Gasteiger partial charge in [0.25, 0.3) is 0 Å². The van der Waals surface area contributed by atoms with Crippen LogP contribution in [0, 0.1) is 17.8 Å². The van der Waals surface area contributed by atoms with Gasteiger partial charge in [-0.1, -0.05) is 13.0 Å². The standard InChI is InChI=1S/C21H25NO5/c1-11-13-7-8-21(3,25)14-10-16(12(2)17(14)18(13)27-19(11)23)26-20(24)15-6-4-5-9-22-15/h4-6,9,11,13-14,16,18,25H,7-8,10H2,1-3H3/t11-,13-,14?,16-,18-,21+/m0/s1. The molecule has 6 heteroatoms. The predicted molar refractivity (Wildman–Crippen MR) is 96.6 cm³/mol. The summed E-state index contributed by atoms with van der Waals surface area (Å²) in [6.07, 6.45) is 2.62. The highest BCUT2D eigenvalue weighted by Gasteiger charge is 2.55. The number of fused-ring (bicyclic) bond motifs is 3. The predicted octanol–water partition coefficient (Wildman–Crippen LogP) is 2.67. The van der Waals surface area contributed by atoms with Crippen molar-refractivity contribution in [3.05, 3.63) is 41.2 Å². The number of hydrogen-bond donors (Lipinski definition) is 1. The summed E-state index contributed by atoms with van der Waals surface area (Å²) in [6.45, 7) is 5.65. The van der Waals surface area contributed by atoms with E-state index < -0.39 is 17.7 Å². The van der Waals surface area contributed by atoms with Crippen LogP contribution in [0.2, 0.25) is 0 Å². The second kappa shape index (κ2) is 6.44. The Morgan fingerprint density at radius 3 is 2.89 bits per heavy atom. The first-order valence-electron chi connectivity index (χ1n) is 9.55. The van der Waals surface area contributed by atoms with E-state index in [1.165, 1.54) is 0 Å². The van der Waals surface area contributed by atoms with Crippen LogP contribution < -0.4 is 0 Å². The van der Waals surface area contributed by atoms with Crippen LogP contribution >= 0.6 is 0 Å². The second-order valence-corrected chi connectivity index (χ2v) is 8.24. The highest BCUT2D eigenvalue weighted by molar-refractivity contribution is 5.87. The highest BCUT2D eigenvalue weighted by Crippen LogP contribution is 2.52. The fraction of sp³-hybridized carbons (Fsp3) is 0.571. The normalized spacial score (nSPS) is 38.1. The summed E-state index contributed by atoms with van der Waals surface area (Å²) in [5, 5.41) is 11.1. The molecule has 1 saturated carbocycles. The lowest BCUT2D eigenvalue weighted by Gasteiger charge is -2.31. The minimum absolute atomic E-state index is 0.0594. The van der Waals surface area contributed by atoms with Crippen molar-refractivity contribution in [1.82, 2.24) is 4.98 Å². The van der Waals surface area contributed by atoms with Crippen LogP contribution in [0.5, 0.6) is 0 Å². The number of aliphatic hydroxyl groups is 1. The Balaban J connectivity index is 1.65. The molecule has 1 aromatic rings. The van der Waals surface area contributed by atoms with Crippen LogP contribution in [0.25, 0.3) is 0 Å². The lowest BCUT2D eigenvalue weighted by molar-refractivity contribution is -0.143. The molecule has 3 aliphatic rings. The molecule has 0 bridgehead atoms. The summed E-state index contributed by atoms with van der Waals surface area (Å²) in [6, 6.07) is 5.09. The summed E-state index contributed by atoms with van der Waals surface area (Å²) in [4.78, 5) is 28.7. The van der Waals surface area contributed by atoms with Gasteiger partial charge in [-0.25, -0.2) is 9.78 Å². The van der Waals surface area contributed by atoms with Gasteiger partial charge in [0.2, 0.25) is 0 Å². The Bertz CT molecular complexity index is 800. The first-order chi connectivity index (χ1) is 12.8. The molecule has 2 fully saturated rings. The Hall–Kier alpha value is -2.21. The summed E-state index contributed by atoms with van der Waals surface area (Å²) in [7, 11) is 0. The third-order valence-electron chi connectivity index (χ3n) is 6.57. The second-order valence-electron chi connectivity index (χ2n) is 8.24. The van der Waals surface area contributed by atoms with E-state index in [4.69, 9.17) is 9.47 Å². The number of carbonyl (C=O) groups is 2. The van der Waals surface area contributed by atoms with E-state index in [2.05, 4.69) is 4.98 Å². The van der Waals surface area contributed by atoms with Crippen molar-refractivity contribution in [3.63, 3.8) is 0 Å². The smallest absolute Gasteiger partial charge is 0.357 e. The Labute approximate surface area is 158 Å². The van der Waals surface area contributed by atoms with E-state index in [0.717, 1.165) is 17.6 Å². The quantitative estimate of drug-likeness (QED) is 0.635. The Morgan fingerprint density at radius 1 is 1.41 bits per heavy atom. The van der Waals surface area contributed by atoms with Gasteiger partial charge in [0.15, 0.2) is 0 Å². The monoisotopic (exact) mass is 371 g/mol. The van der Waals surface area contributed by atoms with Crippen LogP contribution in [0.15, 0.2) is 35.5 Å². The number of hydrogen-bond acceptors (Lipinski definition) is 6. The summed E-state index contributed by atoms with van der Waals surface area (Å²) in [5.41, 5.74) is 1.18. The summed E-state index contributed by atoms with van der Waals surface area (Å²) < 4.78 is 11.4. The summed E-state index contributed by atoms with van der Waals surface area (Å²) >= 11 is 0. The van der Waals surface area contributed by atoms with Gasteiger partial charge in [-0.05, 0) is 56.4 Å². The Morgan fingerprint density at radius 2 is 2.19 bits per heavy atom. The lowest BCUT2D eigenvalue weighted by atomic mass is 9.81. The van der Waals surface area contributed by atoms with Gasteiger partial charge in [0, 0.05) is 18.0 Å². The zero-order valence-electron chi connectivity index (χ0n) is 15.8. The number of aromatic nitrogens is 1. The van der Waals surface area contributed by atoms with E-state index in [-0.39, 0.29) is 35.5 Å². The molecule has 2 heterocycles. The van der Waals surface area contributed by atoms with Gasteiger partial charge in [0.05, 0.1) is 11.5 Å². The topological polar surface area (TPSA) is 85.7 Å². The molecule has 1 unspecified atom stereocenters. The number of nitrogens with zero attached hydrogens (tertiary/aromatic N) is 1. The van der Waals surface area contributed by atoms with E-state index >= 15 is 0 Å².